The highest BCUT2D eigenvalue weighted by atomic mass is 16.5. The number of carbonyl (C=O) groups excluding carboxylic acids is 1. The Labute approximate surface area is 163 Å². The number of allylic oxidation sites excluding steroid dienone is 1. The van der Waals surface area contributed by atoms with Gasteiger partial charge < -0.3 is 14.1 Å². The number of nitrogens with zero attached hydrogens (tertiary/aromatic N) is 1. The number of methoxy groups -OCH3 is 1. The lowest BCUT2D eigenvalue weighted by atomic mass is 10.1. The fraction of sp³-hybridized carbons (Fsp3) is 0.217. The van der Waals surface area contributed by atoms with E-state index in [-0.39, 0.29) is 5.56 Å². The van der Waals surface area contributed by atoms with Gasteiger partial charge in [0, 0.05) is 30.2 Å². The Hall–Kier alpha value is -3.34. The number of hydrogen-bond donors (Lipinski definition) is 0. The predicted molar refractivity (Wildman–Crippen MR) is 112 cm³/mol. The lowest BCUT2D eigenvalue weighted by molar-refractivity contribution is 0.104. The molecule has 0 aliphatic carbocycles. The third kappa shape index (κ3) is 4.14. The van der Waals surface area contributed by atoms with E-state index in [1.54, 1.807) is 25.3 Å². The minimum atomic E-state index is -0.635. The molecular weight excluding hydrogens is 354 g/mol. The predicted octanol–water partition coefficient (Wildman–Crippen LogP) is 4.54. The number of fused-ring (bicyclic) bond motifs is 1. The van der Waals surface area contributed by atoms with E-state index in [1.807, 2.05) is 36.4 Å². The first-order chi connectivity index (χ1) is 13.5. The number of anilines is 1. The highest BCUT2D eigenvalue weighted by molar-refractivity contribution is 6.07. The number of benzene rings is 2. The second-order valence-corrected chi connectivity index (χ2v) is 6.32. The van der Waals surface area contributed by atoms with Gasteiger partial charge in [0.05, 0.1) is 7.11 Å². The summed E-state index contributed by atoms with van der Waals surface area (Å²) in [5.41, 5.74) is 1.65. The molecule has 0 fully saturated rings. The van der Waals surface area contributed by atoms with Crippen molar-refractivity contribution in [3.63, 3.8) is 0 Å². The number of hydrogen-bond acceptors (Lipinski definition) is 5. The molecule has 0 atom stereocenters. The molecule has 0 saturated carbocycles. The molecule has 2 aromatic carbocycles. The van der Waals surface area contributed by atoms with E-state index < -0.39 is 11.4 Å². The van der Waals surface area contributed by atoms with Gasteiger partial charge in [0.1, 0.15) is 16.9 Å². The van der Waals surface area contributed by atoms with Crippen LogP contribution in [0.4, 0.5) is 5.69 Å². The Morgan fingerprint density at radius 1 is 1.11 bits per heavy atom. The molecule has 3 rings (SSSR count). The Kier molecular flexibility index (Phi) is 5.94. The summed E-state index contributed by atoms with van der Waals surface area (Å²) in [5, 5.41) is 0.716. The van der Waals surface area contributed by atoms with Crippen molar-refractivity contribution in [1.82, 2.24) is 0 Å². The zero-order valence-corrected chi connectivity index (χ0v) is 16.3. The molecule has 28 heavy (non-hydrogen) atoms. The summed E-state index contributed by atoms with van der Waals surface area (Å²) in [6, 6.07) is 14.6. The Balaban J connectivity index is 1.91. The number of ketones is 1. The smallest absolute Gasteiger partial charge is 0.347 e. The zero-order valence-electron chi connectivity index (χ0n) is 16.3. The summed E-state index contributed by atoms with van der Waals surface area (Å²) in [4.78, 5) is 27.0. The lowest BCUT2D eigenvalue weighted by Crippen LogP contribution is -2.21. The summed E-state index contributed by atoms with van der Waals surface area (Å²) in [6.07, 6.45) is 3.02. The highest BCUT2D eigenvalue weighted by Crippen LogP contribution is 2.22. The maximum Gasteiger partial charge on any atom is 0.347 e. The molecule has 0 aliphatic rings. The van der Waals surface area contributed by atoms with Crippen molar-refractivity contribution >= 4 is 28.5 Å². The summed E-state index contributed by atoms with van der Waals surface area (Å²) >= 11 is 0. The van der Waals surface area contributed by atoms with Crippen LogP contribution in [-0.2, 0) is 0 Å². The number of ether oxygens (including phenoxy) is 1. The van der Waals surface area contributed by atoms with Crippen molar-refractivity contribution in [2.75, 3.05) is 25.1 Å². The van der Waals surface area contributed by atoms with Crippen molar-refractivity contribution < 1.29 is 13.9 Å². The van der Waals surface area contributed by atoms with Gasteiger partial charge >= 0.3 is 5.63 Å². The SMILES string of the molecule is CCN(CC)c1ccc2cc(C(=O)/C=C/c3cccc(OC)c3)c(=O)oc2c1. The second kappa shape index (κ2) is 8.57. The van der Waals surface area contributed by atoms with Crippen LogP contribution in [0, 0.1) is 0 Å². The van der Waals surface area contributed by atoms with Crippen molar-refractivity contribution in [2.45, 2.75) is 13.8 Å². The van der Waals surface area contributed by atoms with Crippen LogP contribution in [0.2, 0.25) is 0 Å². The molecule has 0 radical (unpaired) electrons. The van der Waals surface area contributed by atoms with E-state index >= 15 is 0 Å². The molecular formula is C23H23NO4. The third-order valence-corrected chi connectivity index (χ3v) is 4.63. The molecule has 0 spiro atoms. The normalized spacial score (nSPS) is 11.1. The zero-order chi connectivity index (χ0) is 20.1. The van der Waals surface area contributed by atoms with Gasteiger partial charge in [0.15, 0.2) is 5.78 Å². The van der Waals surface area contributed by atoms with Gasteiger partial charge in [-0.05, 0) is 55.8 Å². The van der Waals surface area contributed by atoms with Crippen molar-refractivity contribution in [3.05, 3.63) is 76.2 Å². The summed E-state index contributed by atoms with van der Waals surface area (Å²) in [5.74, 6) is 0.301. The molecule has 0 saturated heterocycles. The van der Waals surface area contributed by atoms with Gasteiger partial charge in [-0.25, -0.2) is 4.79 Å². The highest BCUT2D eigenvalue weighted by Gasteiger charge is 2.12. The van der Waals surface area contributed by atoms with Gasteiger partial charge in [-0.2, -0.15) is 0 Å². The molecule has 5 nitrogen and oxygen atoms in total. The largest absolute Gasteiger partial charge is 0.497 e. The topological polar surface area (TPSA) is 59.8 Å². The molecule has 5 heteroatoms. The van der Waals surface area contributed by atoms with Crippen LogP contribution >= 0.6 is 0 Å². The van der Waals surface area contributed by atoms with Crippen LogP contribution < -0.4 is 15.3 Å². The minimum absolute atomic E-state index is 0.0160. The Morgan fingerprint density at radius 2 is 1.89 bits per heavy atom. The van der Waals surface area contributed by atoms with E-state index in [1.165, 1.54) is 6.08 Å². The summed E-state index contributed by atoms with van der Waals surface area (Å²) < 4.78 is 10.6. The molecule has 0 aliphatic heterocycles. The molecule has 0 unspecified atom stereocenters. The van der Waals surface area contributed by atoms with Crippen LogP contribution in [0.3, 0.4) is 0 Å². The van der Waals surface area contributed by atoms with E-state index in [9.17, 15) is 9.59 Å². The third-order valence-electron chi connectivity index (χ3n) is 4.63. The van der Waals surface area contributed by atoms with E-state index in [2.05, 4.69) is 18.7 Å². The summed E-state index contributed by atoms with van der Waals surface area (Å²) in [7, 11) is 1.58. The maximum absolute atomic E-state index is 12.5. The second-order valence-electron chi connectivity index (χ2n) is 6.32. The van der Waals surface area contributed by atoms with Gasteiger partial charge in [-0.1, -0.05) is 18.2 Å². The van der Waals surface area contributed by atoms with E-state index in [4.69, 9.17) is 9.15 Å². The van der Waals surface area contributed by atoms with Crippen LogP contribution in [0.25, 0.3) is 17.0 Å². The monoisotopic (exact) mass is 377 g/mol. The van der Waals surface area contributed by atoms with Crippen LogP contribution in [-0.4, -0.2) is 26.0 Å². The van der Waals surface area contributed by atoms with Crippen molar-refractivity contribution in [2.24, 2.45) is 0 Å². The van der Waals surface area contributed by atoms with Gasteiger partial charge in [0.25, 0.3) is 0 Å². The van der Waals surface area contributed by atoms with Gasteiger partial charge in [0.2, 0.25) is 0 Å². The fourth-order valence-electron chi connectivity index (χ4n) is 3.06. The van der Waals surface area contributed by atoms with Gasteiger partial charge in [-0.3, -0.25) is 4.79 Å². The van der Waals surface area contributed by atoms with Crippen LogP contribution in [0.15, 0.2) is 63.8 Å². The fourth-order valence-corrected chi connectivity index (χ4v) is 3.06. The first-order valence-electron chi connectivity index (χ1n) is 9.25. The molecule has 3 aromatic rings. The van der Waals surface area contributed by atoms with Gasteiger partial charge in [-0.15, -0.1) is 0 Å². The Morgan fingerprint density at radius 3 is 2.61 bits per heavy atom. The van der Waals surface area contributed by atoms with E-state index in [0.717, 1.165) is 24.3 Å². The average Bonchev–Trinajstić information content (AvgIpc) is 2.72. The molecule has 0 N–H and O–H groups in total. The van der Waals surface area contributed by atoms with Crippen molar-refractivity contribution in [3.8, 4) is 5.75 Å². The van der Waals surface area contributed by atoms with E-state index in [0.29, 0.717) is 16.7 Å². The molecule has 0 amide bonds. The molecule has 1 heterocycles. The standard InChI is InChI=1S/C23H23NO4/c1-4-24(5-2)18-11-10-17-14-20(23(26)28-22(17)15-18)21(25)12-9-16-7-6-8-19(13-16)27-3/h6-15H,4-5H2,1-3H3/b12-9+. The average molecular weight is 377 g/mol. The van der Waals surface area contributed by atoms with Crippen LogP contribution in [0.1, 0.15) is 29.8 Å². The molecule has 0 bridgehead atoms. The minimum Gasteiger partial charge on any atom is -0.497 e. The Bertz CT molecular complexity index is 1080. The first kappa shape index (κ1) is 19.4. The number of rotatable bonds is 7. The number of carbonyl (C=O) groups is 1. The first-order valence-corrected chi connectivity index (χ1v) is 9.25. The maximum atomic E-state index is 12.5. The molecule has 1 aromatic heterocycles. The molecule has 144 valence electrons. The quantitative estimate of drug-likeness (QED) is 0.344. The van der Waals surface area contributed by atoms with Crippen molar-refractivity contribution in [1.29, 1.82) is 0 Å². The lowest BCUT2D eigenvalue weighted by Gasteiger charge is -2.20. The van der Waals surface area contributed by atoms with Crippen LogP contribution in [0.5, 0.6) is 5.75 Å². The summed E-state index contributed by atoms with van der Waals surface area (Å²) in [6.45, 7) is 5.86.